The summed E-state index contributed by atoms with van der Waals surface area (Å²) in [5.74, 6) is -3.42. The molecule has 13 heteroatoms. The normalized spacial score (nSPS) is 15.7. The summed E-state index contributed by atoms with van der Waals surface area (Å²) in [4.78, 5) is 55.7. The minimum absolute atomic E-state index is 0.0273. The fraction of sp³-hybridized carbons (Fsp3) is 0.632. The molecule has 0 aliphatic rings. The van der Waals surface area contributed by atoms with Gasteiger partial charge in [0.2, 0.25) is 17.7 Å². The van der Waals surface area contributed by atoms with Crippen molar-refractivity contribution >= 4 is 23.7 Å². The van der Waals surface area contributed by atoms with Gasteiger partial charge in [0.25, 0.3) is 0 Å². The Morgan fingerprint density at radius 2 is 1.69 bits per heavy atom. The number of carbonyl (C=O) groups is 4. The number of aliphatic hydroxyl groups is 1. The zero-order chi connectivity index (χ0) is 24.3. The number of carboxylic acids is 1. The summed E-state index contributed by atoms with van der Waals surface area (Å²) in [6, 6.07) is -4.58. The van der Waals surface area contributed by atoms with Crippen LogP contribution in [0.1, 0.15) is 38.8 Å². The third-order valence-corrected chi connectivity index (χ3v) is 4.65. The van der Waals surface area contributed by atoms with Crippen LogP contribution in [-0.4, -0.2) is 80.7 Å². The number of hydrogen-bond donors (Lipinski definition) is 8. The van der Waals surface area contributed by atoms with Crippen molar-refractivity contribution in [3.8, 4) is 0 Å². The van der Waals surface area contributed by atoms with Crippen molar-refractivity contribution in [3.05, 3.63) is 18.2 Å². The number of nitrogens with one attached hydrogen (secondary N) is 4. The quantitative estimate of drug-likeness (QED) is 0.137. The molecule has 13 nitrogen and oxygen atoms in total. The maximum absolute atomic E-state index is 12.9. The van der Waals surface area contributed by atoms with Crippen molar-refractivity contribution in [3.63, 3.8) is 0 Å². The summed E-state index contributed by atoms with van der Waals surface area (Å²) in [6.07, 6.45) is 2.90. The number of rotatable bonds is 14. The van der Waals surface area contributed by atoms with E-state index in [1.165, 1.54) is 26.4 Å². The first kappa shape index (κ1) is 27.0. The summed E-state index contributed by atoms with van der Waals surface area (Å²) in [5.41, 5.74) is 11.6. The first-order valence-electron chi connectivity index (χ1n) is 10.3. The minimum atomic E-state index is -1.57. The Morgan fingerprint density at radius 3 is 2.19 bits per heavy atom. The van der Waals surface area contributed by atoms with E-state index in [1.54, 1.807) is 0 Å². The molecule has 1 aromatic heterocycles. The van der Waals surface area contributed by atoms with Crippen LogP contribution < -0.4 is 27.4 Å². The lowest BCUT2D eigenvalue weighted by molar-refractivity contribution is -0.145. The Hall–Kier alpha value is -3.03. The number of nitrogens with zero attached hydrogens (tertiary/aromatic N) is 1. The monoisotopic (exact) mass is 455 g/mol. The van der Waals surface area contributed by atoms with Crippen LogP contribution in [0.25, 0.3) is 0 Å². The second kappa shape index (κ2) is 13.4. The van der Waals surface area contributed by atoms with Crippen molar-refractivity contribution < 1.29 is 29.4 Å². The molecule has 10 N–H and O–H groups in total. The Bertz CT molecular complexity index is 753. The van der Waals surface area contributed by atoms with Crippen LogP contribution in [0, 0.1) is 0 Å². The molecule has 180 valence electrons. The summed E-state index contributed by atoms with van der Waals surface area (Å²) < 4.78 is 0. The predicted molar refractivity (Wildman–Crippen MR) is 114 cm³/mol. The third kappa shape index (κ3) is 8.99. The largest absolute Gasteiger partial charge is 0.480 e. The highest BCUT2D eigenvalue weighted by Gasteiger charge is 2.31. The fourth-order valence-electron chi connectivity index (χ4n) is 2.81. The van der Waals surface area contributed by atoms with E-state index in [2.05, 4.69) is 25.9 Å². The fourth-order valence-corrected chi connectivity index (χ4v) is 2.81. The molecule has 1 aromatic rings. The lowest BCUT2D eigenvalue weighted by Gasteiger charge is -2.25. The van der Waals surface area contributed by atoms with Crippen LogP contribution in [0.15, 0.2) is 12.5 Å². The van der Waals surface area contributed by atoms with Crippen LogP contribution in [0.5, 0.6) is 0 Å². The maximum atomic E-state index is 12.9. The van der Waals surface area contributed by atoms with Gasteiger partial charge in [0, 0.05) is 18.3 Å². The second-order valence-electron chi connectivity index (χ2n) is 7.54. The van der Waals surface area contributed by atoms with Crippen LogP contribution in [0.2, 0.25) is 0 Å². The molecular formula is C19H33N7O6. The first-order valence-corrected chi connectivity index (χ1v) is 10.3. The third-order valence-electron chi connectivity index (χ3n) is 4.65. The molecule has 0 bridgehead atoms. The molecule has 32 heavy (non-hydrogen) atoms. The van der Waals surface area contributed by atoms with E-state index in [9.17, 15) is 29.4 Å². The molecule has 3 amide bonds. The highest BCUT2D eigenvalue weighted by molar-refractivity contribution is 5.94. The average Bonchev–Trinajstić information content (AvgIpc) is 3.23. The van der Waals surface area contributed by atoms with E-state index >= 15 is 0 Å². The average molecular weight is 456 g/mol. The Morgan fingerprint density at radius 1 is 1.06 bits per heavy atom. The summed E-state index contributed by atoms with van der Waals surface area (Å²) in [7, 11) is 0. The molecule has 1 rings (SSSR count). The number of imidazole rings is 1. The molecule has 0 aromatic carbocycles. The molecule has 5 atom stereocenters. The van der Waals surface area contributed by atoms with Crippen LogP contribution in [-0.2, 0) is 25.6 Å². The zero-order valence-electron chi connectivity index (χ0n) is 18.2. The minimum Gasteiger partial charge on any atom is -0.480 e. The molecule has 0 fully saturated rings. The van der Waals surface area contributed by atoms with Crippen molar-refractivity contribution in [2.45, 2.75) is 69.8 Å². The lowest BCUT2D eigenvalue weighted by atomic mass is 10.1. The van der Waals surface area contributed by atoms with E-state index in [-0.39, 0.29) is 12.8 Å². The number of carbonyl (C=O) groups excluding carboxylic acids is 3. The number of amides is 3. The number of aromatic amines is 1. The molecule has 0 aliphatic heterocycles. The Labute approximate surface area is 185 Å². The van der Waals surface area contributed by atoms with Gasteiger partial charge in [-0.1, -0.05) is 0 Å². The van der Waals surface area contributed by atoms with Gasteiger partial charge in [0.15, 0.2) is 6.04 Å². The molecule has 0 saturated carbocycles. The van der Waals surface area contributed by atoms with Crippen molar-refractivity contribution in [1.82, 2.24) is 25.9 Å². The summed E-state index contributed by atoms with van der Waals surface area (Å²) in [6.45, 7) is 3.11. The maximum Gasteiger partial charge on any atom is 0.328 e. The van der Waals surface area contributed by atoms with Gasteiger partial charge in [-0.15, -0.1) is 0 Å². The molecule has 0 radical (unpaired) electrons. The van der Waals surface area contributed by atoms with E-state index in [1.807, 2.05) is 0 Å². The van der Waals surface area contributed by atoms with E-state index in [4.69, 9.17) is 11.5 Å². The number of aromatic nitrogens is 2. The number of H-pyrrole nitrogens is 1. The van der Waals surface area contributed by atoms with E-state index < -0.39 is 54.0 Å². The number of carboxylic acid groups (broad SMARTS) is 1. The standard InChI is InChI=1S/C19H33N7O6/c1-10(21)16(28)24-13(5-3-4-6-20)17(29)25-14(7-12-8-22-9-23-12)18(30)26-15(11(2)27)19(31)32/h8-11,13-15,27H,3-7,20-21H2,1-2H3,(H,22,23)(H,24,28)(H,25,29)(H,26,30)(H,31,32). The predicted octanol–water partition coefficient (Wildman–Crippen LogP) is -2.65. The van der Waals surface area contributed by atoms with Crippen LogP contribution >= 0.6 is 0 Å². The van der Waals surface area contributed by atoms with Gasteiger partial charge >= 0.3 is 5.97 Å². The SMILES string of the molecule is CC(N)C(=O)NC(CCCCN)C(=O)NC(Cc1cnc[nH]1)C(=O)NC(C(=O)O)C(C)O. The number of hydrogen-bond acceptors (Lipinski definition) is 8. The van der Waals surface area contributed by atoms with Gasteiger partial charge in [-0.2, -0.15) is 0 Å². The molecule has 0 saturated heterocycles. The Balaban J connectivity index is 3.02. The van der Waals surface area contributed by atoms with Gasteiger partial charge in [-0.05, 0) is 39.7 Å². The van der Waals surface area contributed by atoms with Crippen molar-refractivity contribution in [2.24, 2.45) is 11.5 Å². The molecule has 5 unspecified atom stereocenters. The van der Waals surface area contributed by atoms with Gasteiger partial charge in [0.05, 0.1) is 18.5 Å². The van der Waals surface area contributed by atoms with Crippen LogP contribution in [0.4, 0.5) is 0 Å². The first-order chi connectivity index (χ1) is 15.1. The van der Waals surface area contributed by atoms with Crippen molar-refractivity contribution in [2.75, 3.05) is 6.54 Å². The van der Waals surface area contributed by atoms with Crippen molar-refractivity contribution in [1.29, 1.82) is 0 Å². The molecular weight excluding hydrogens is 422 g/mol. The van der Waals surface area contributed by atoms with Crippen LogP contribution in [0.3, 0.4) is 0 Å². The van der Waals surface area contributed by atoms with E-state index in [0.29, 0.717) is 25.1 Å². The van der Waals surface area contributed by atoms with Gasteiger partial charge in [-0.25, -0.2) is 9.78 Å². The number of aliphatic carboxylic acids is 1. The summed E-state index contributed by atoms with van der Waals surface area (Å²) >= 11 is 0. The molecule has 0 spiro atoms. The molecule has 0 aliphatic carbocycles. The smallest absolute Gasteiger partial charge is 0.328 e. The molecule has 1 heterocycles. The Kier molecular flexibility index (Phi) is 11.3. The summed E-state index contributed by atoms with van der Waals surface area (Å²) in [5, 5.41) is 26.2. The highest BCUT2D eigenvalue weighted by Crippen LogP contribution is 2.06. The highest BCUT2D eigenvalue weighted by atomic mass is 16.4. The second-order valence-corrected chi connectivity index (χ2v) is 7.54. The van der Waals surface area contributed by atoms with Gasteiger partial charge in [0.1, 0.15) is 12.1 Å². The number of unbranched alkanes of at least 4 members (excludes halogenated alkanes) is 1. The van der Waals surface area contributed by atoms with Gasteiger partial charge in [-0.3, -0.25) is 14.4 Å². The van der Waals surface area contributed by atoms with E-state index in [0.717, 1.165) is 0 Å². The lowest BCUT2D eigenvalue weighted by Crippen LogP contribution is -2.58. The number of aliphatic hydroxyl groups excluding tert-OH is 1. The number of nitrogens with two attached hydrogens (primary N) is 2. The zero-order valence-corrected chi connectivity index (χ0v) is 18.2. The van der Waals surface area contributed by atoms with Gasteiger partial charge < -0.3 is 42.6 Å². The topological polar surface area (TPSA) is 226 Å².